The number of benzene rings is 2. The van der Waals surface area contributed by atoms with E-state index in [9.17, 15) is 13.2 Å². The summed E-state index contributed by atoms with van der Waals surface area (Å²) in [5, 5.41) is 3.13. The average Bonchev–Trinajstić information content (AvgIpc) is 3.19. The second-order valence-electron chi connectivity index (χ2n) is 6.69. The second-order valence-corrected chi connectivity index (χ2v) is 9.66. The molecule has 0 saturated carbocycles. The number of fused-ring (bicyclic) bond motifs is 1. The molecule has 1 fully saturated rings. The number of nitrogens with zero attached hydrogens (tertiary/aromatic N) is 2. The SMILES string of the molecule is COc1cc2nc(NC(=O)c3cccc(S(=O)(=O)N4CCOCC4)c3)sc2cc1OC. The fourth-order valence-corrected chi connectivity index (χ4v) is 5.54. The van der Waals surface area contributed by atoms with Gasteiger partial charge in [-0.2, -0.15) is 4.31 Å². The van der Waals surface area contributed by atoms with E-state index in [1.165, 1.54) is 34.9 Å². The zero-order chi connectivity index (χ0) is 22.0. The number of anilines is 1. The Balaban J connectivity index is 1.57. The lowest BCUT2D eigenvalue weighted by Crippen LogP contribution is -2.40. The molecule has 11 heteroatoms. The van der Waals surface area contributed by atoms with Gasteiger partial charge >= 0.3 is 0 Å². The molecular weight excluding hydrogens is 442 g/mol. The number of hydrogen-bond acceptors (Lipinski definition) is 8. The molecule has 1 aromatic heterocycles. The zero-order valence-corrected chi connectivity index (χ0v) is 18.6. The van der Waals surface area contributed by atoms with E-state index in [2.05, 4.69) is 10.3 Å². The van der Waals surface area contributed by atoms with Gasteiger partial charge in [0.25, 0.3) is 5.91 Å². The molecule has 0 unspecified atom stereocenters. The number of morpholine rings is 1. The van der Waals surface area contributed by atoms with Crippen LogP contribution < -0.4 is 14.8 Å². The standard InChI is InChI=1S/C20H21N3O6S2/c1-27-16-11-15-18(12-17(16)28-2)30-20(21-15)22-19(24)13-4-3-5-14(10-13)31(25,26)23-6-8-29-9-7-23/h3-5,10-12H,6-9H2,1-2H3,(H,21,22,24). The van der Waals surface area contributed by atoms with Gasteiger partial charge in [-0.05, 0) is 18.2 Å². The Morgan fingerprint density at radius 1 is 1.13 bits per heavy atom. The van der Waals surface area contributed by atoms with Gasteiger partial charge < -0.3 is 14.2 Å². The number of thiazole rings is 1. The lowest BCUT2D eigenvalue weighted by molar-refractivity contribution is 0.0730. The van der Waals surface area contributed by atoms with Crippen molar-refractivity contribution in [1.82, 2.24) is 9.29 Å². The molecule has 1 aliphatic heterocycles. The maximum absolute atomic E-state index is 12.9. The van der Waals surface area contributed by atoms with E-state index in [4.69, 9.17) is 14.2 Å². The van der Waals surface area contributed by atoms with Crippen molar-refractivity contribution in [2.45, 2.75) is 4.90 Å². The number of carbonyl (C=O) groups is 1. The van der Waals surface area contributed by atoms with Crippen LogP contribution in [0, 0.1) is 0 Å². The van der Waals surface area contributed by atoms with Crippen LogP contribution >= 0.6 is 11.3 Å². The number of ether oxygens (including phenoxy) is 3. The van der Waals surface area contributed by atoms with Crippen LogP contribution in [0.4, 0.5) is 5.13 Å². The number of amides is 1. The van der Waals surface area contributed by atoms with Crippen LogP contribution in [0.5, 0.6) is 11.5 Å². The van der Waals surface area contributed by atoms with Gasteiger partial charge in [-0.3, -0.25) is 10.1 Å². The minimum absolute atomic E-state index is 0.0702. The lowest BCUT2D eigenvalue weighted by Gasteiger charge is -2.26. The van der Waals surface area contributed by atoms with Gasteiger partial charge in [-0.15, -0.1) is 0 Å². The van der Waals surface area contributed by atoms with E-state index < -0.39 is 15.9 Å². The second kappa shape index (κ2) is 8.79. The highest BCUT2D eigenvalue weighted by Crippen LogP contribution is 2.36. The summed E-state index contributed by atoms with van der Waals surface area (Å²) in [6.07, 6.45) is 0. The van der Waals surface area contributed by atoms with Gasteiger partial charge in [0.1, 0.15) is 0 Å². The van der Waals surface area contributed by atoms with Gasteiger partial charge in [-0.25, -0.2) is 13.4 Å². The summed E-state index contributed by atoms with van der Waals surface area (Å²) in [5.74, 6) is 0.661. The molecule has 0 atom stereocenters. The highest BCUT2D eigenvalue weighted by atomic mass is 32.2. The fourth-order valence-electron chi connectivity index (χ4n) is 3.21. The van der Waals surface area contributed by atoms with Crippen molar-refractivity contribution in [1.29, 1.82) is 0 Å². The van der Waals surface area contributed by atoms with Gasteiger partial charge in [0.15, 0.2) is 16.6 Å². The molecule has 0 radical (unpaired) electrons. The first kappa shape index (κ1) is 21.5. The first-order valence-corrected chi connectivity index (χ1v) is 11.7. The summed E-state index contributed by atoms with van der Waals surface area (Å²) < 4.78 is 43.7. The highest BCUT2D eigenvalue weighted by Gasteiger charge is 2.27. The Hall–Kier alpha value is -2.73. The lowest BCUT2D eigenvalue weighted by atomic mass is 10.2. The third-order valence-electron chi connectivity index (χ3n) is 4.82. The summed E-state index contributed by atoms with van der Waals surface area (Å²) in [6, 6.07) is 9.49. The predicted molar refractivity (Wildman–Crippen MR) is 117 cm³/mol. The number of aromatic nitrogens is 1. The fraction of sp³-hybridized carbons (Fsp3) is 0.300. The molecule has 1 amide bonds. The van der Waals surface area contributed by atoms with Crippen LogP contribution in [0.2, 0.25) is 0 Å². The smallest absolute Gasteiger partial charge is 0.257 e. The van der Waals surface area contributed by atoms with E-state index in [1.54, 1.807) is 31.4 Å². The van der Waals surface area contributed by atoms with Crippen LogP contribution in [-0.2, 0) is 14.8 Å². The molecule has 2 heterocycles. The number of hydrogen-bond donors (Lipinski definition) is 1. The normalized spacial score (nSPS) is 15.0. The van der Waals surface area contributed by atoms with Crippen molar-refractivity contribution in [3.8, 4) is 11.5 Å². The Labute approximate surface area is 183 Å². The molecule has 0 bridgehead atoms. The van der Waals surface area contributed by atoms with E-state index in [1.807, 2.05) is 0 Å². The highest BCUT2D eigenvalue weighted by molar-refractivity contribution is 7.89. The van der Waals surface area contributed by atoms with Crippen molar-refractivity contribution in [2.75, 3.05) is 45.8 Å². The Morgan fingerprint density at radius 3 is 2.55 bits per heavy atom. The first-order chi connectivity index (χ1) is 14.9. The Kier molecular flexibility index (Phi) is 6.10. The van der Waals surface area contributed by atoms with Crippen molar-refractivity contribution in [3.05, 3.63) is 42.0 Å². The number of carbonyl (C=O) groups excluding carboxylic acids is 1. The first-order valence-electron chi connectivity index (χ1n) is 9.44. The molecular formula is C20H21N3O6S2. The number of rotatable bonds is 6. The van der Waals surface area contributed by atoms with Crippen molar-refractivity contribution >= 4 is 42.6 Å². The predicted octanol–water partition coefficient (Wildman–Crippen LogP) is 2.59. The number of sulfonamides is 1. The maximum atomic E-state index is 12.9. The van der Waals surface area contributed by atoms with E-state index in [0.29, 0.717) is 35.4 Å². The average molecular weight is 464 g/mol. The molecule has 1 aliphatic rings. The molecule has 1 N–H and O–H groups in total. The molecule has 4 rings (SSSR count). The van der Waals surface area contributed by atoms with Crippen LogP contribution in [0.25, 0.3) is 10.2 Å². The van der Waals surface area contributed by atoms with Gasteiger partial charge in [0, 0.05) is 30.8 Å². The zero-order valence-electron chi connectivity index (χ0n) is 17.0. The van der Waals surface area contributed by atoms with Crippen LogP contribution in [0.1, 0.15) is 10.4 Å². The van der Waals surface area contributed by atoms with Crippen molar-refractivity contribution in [2.24, 2.45) is 0 Å². The van der Waals surface area contributed by atoms with Gasteiger partial charge in [0.05, 0.1) is 42.5 Å². The van der Waals surface area contributed by atoms with E-state index in [0.717, 1.165) is 4.70 Å². The summed E-state index contributed by atoms with van der Waals surface area (Å²) in [7, 11) is -0.609. The molecule has 164 valence electrons. The van der Waals surface area contributed by atoms with Crippen molar-refractivity contribution in [3.63, 3.8) is 0 Å². The van der Waals surface area contributed by atoms with Crippen LogP contribution in [-0.4, -0.2) is 64.1 Å². The van der Waals surface area contributed by atoms with Crippen molar-refractivity contribution < 1.29 is 27.4 Å². The van der Waals surface area contributed by atoms with Crippen LogP contribution in [0.15, 0.2) is 41.3 Å². The Bertz CT molecular complexity index is 1180. The molecule has 31 heavy (non-hydrogen) atoms. The molecule has 9 nitrogen and oxygen atoms in total. The largest absolute Gasteiger partial charge is 0.493 e. The third-order valence-corrected chi connectivity index (χ3v) is 7.65. The van der Waals surface area contributed by atoms with Crippen LogP contribution in [0.3, 0.4) is 0 Å². The number of nitrogens with one attached hydrogen (secondary N) is 1. The minimum atomic E-state index is -3.69. The number of methoxy groups -OCH3 is 2. The monoisotopic (exact) mass is 463 g/mol. The topological polar surface area (TPSA) is 107 Å². The molecule has 0 aliphatic carbocycles. The minimum Gasteiger partial charge on any atom is -0.493 e. The maximum Gasteiger partial charge on any atom is 0.257 e. The van der Waals surface area contributed by atoms with E-state index in [-0.39, 0.29) is 23.5 Å². The van der Waals surface area contributed by atoms with E-state index >= 15 is 0 Å². The quantitative estimate of drug-likeness (QED) is 0.599. The summed E-state index contributed by atoms with van der Waals surface area (Å²) >= 11 is 1.28. The Morgan fingerprint density at radius 2 is 1.84 bits per heavy atom. The molecule has 2 aromatic carbocycles. The summed E-state index contributed by atoms with van der Waals surface area (Å²) in [5.41, 5.74) is 0.880. The van der Waals surface area contributed by atoms with Gasteiger partial charge in [0.2, 0.25) is 10.0 Å². The third kappa shape index (κ3) is 4.35. The summed E-state index contributed by atoms with van der Waals surface area (Å²) in [6.45, 7) is 1.29. The molecule has 1 saturated heterocycles. The van der Waals surface area contributed by atoms with Gasteiger partial charge in [-0.1, -0.05) is 17.4 Å². The summed E-state index contributed by atoms with van der Waals surface area (Å²) in [4.78, 5) is 17.3. The molecule has 3 aromatic rings. The molecule has 0 spiro atoms.